The van der Waals surface area contributed by atoms with Gasteiger partial charge < -0.3 is 10.3 Å². The number of aromatic nitrogens is 3. The lowest BCUT2D eigenvalue weighted by molar-refractivity contribution is 0.456. The molecule has 1 aromatic carbocycles. The fraction of sp³-hybridized carbons (Fsp3) is 0.385. The summed E-state index contributed by atoms with van der Waals surface area (Å²) in [6, 6.07) is 5.04. The van der Waals surface area contributed by atoms with Crippen molar-refractivity contribution in [3.63, 3.8) is 0 Å². The third-order valence-corrected chi connectivity index (χ3v) is 3.28. The van der Waals surface area contributed by atoms with Crippen LogP contribution in [0.25, 0.3) is 11.4 Å². The summed E-state index contributed by atoms with van der Waals surface area (Å²) in [7, 11) is 0. The Morgan fingerprint density at radius 1 is 1.33 bits per heavy atom. The summed E-state index contributed by atoms with van der Waals surface area (Å²) in [5, 5.41) is 8.34. The van der Waals surface area contributed by atoms with E-state index in [1.54, 1.807) is 0 Å². The second kappa shape index (κ2) is 4.17. The fourth-order valence-electron chi connectivity index (χ4n) is 2.43. The summed E-state index contributed by atoms with van der Waals surface area (Å²) in [4.78, 5) is 0. The van der Waals surface area contributed by atoms with Crippen LogP contribution in [0, 0.1) is 12.7 Å². The second-order valence-corrected chi connectivity index (χ2v) is 4.87. The molecule has 1 atom stereocenters. The molecule has 1 aliphatic heterocycles. The molecule has 2 heterocycles. The van der Waals surface area contributed by atoms with Crippen LogP contribution in [0.3, 0.4) is 0 Å². The van der Waals surface area contributed by atoms with Crippen LogP contribution in [0.15, 0.2) is 18.2 Å². The van der Waals surface area contributed by atoms with E-state index in [0.717, 1.165) is 29.8 Å². The van der Waals surface area contributed by atoms with Gasteiger partial charge in [-0.1, -0.05) is 0 Å². The molecule has 0 bridgehead atoms. The van der Waals surface area contributed by atoms with E-state index in [9.17, 15) is 4.39 Å². The van der Waals surface area contributed by atoms with Gasteiger partial charge >= 0.3 is 0 Å². The van der Waals surface area contributed by atoms with Gasteiger partial charge in [-0.2, -0.15) is 0 Å². The van der Waals surface area contributed by atoms with Crippen molar-refractivity contribution >= 4 is 0 Å². The van der Waals surface area contributed by atoms with Crippen molar-refractivity contribution in [1.82, 2.24) is 14.8 Å². The number of nitrogens with two attached hydrogens (primary N) is 1. The SMILES string of the molecule is Cc1cc(F)cc(-c2nnc3n2CC(N)CC3)c1. The van der Waals surface area contributed by atoms with Crippen molar-refractivity contribution in [3.05, 3.63) is 35.4 Å². The van der Waals surface area contributed by atoms with Gasteiger partial charge in [0.1, 0.15) is 11.6 Å². The first kappa shape index (κ1) is 11.3. The smallest absolute Gasteiger partial charge is 0.164 e. The van der Waals surface area contributed by atoms with Gasteiger partial charge in [-0.3, -0.25) is 0 Å². The van der Waals surface area contributed by atoms with Gasteiger partial charge in [0.2, 0.25) is 0 Å². The summed E-state index contributed by atoms with van der Waals surface area (Å²) < 4.78 is 15.4. The zero-order chi connectivity index (χ0) is 12.7. The number of halogens is 1. The highest BCUT2D eigenvalue weighted by Crippen LogP contribution is 2.24. The molecular formula is C13H15FN4. The van der Waals surface area contributed by atoms with Gasteiger partial charge in [0.25, 0.3) is 0 Å². The molecule has 18 heavy (non-hydrogen) atoms. The van der Waals surface area contributed by atoms with E-state index in [0.29, 0.717) is 12.4 Å². The Balaban J connectivity index is 2.09. The Hall–Kier alpha value is -1.75. The third-order valence-electron chi connectivity index (χ3n) is 3.28. The molecule has 1 unspecified atom stereocenters. The summed E-state index contributed by atoms with van der Waals surface area (Å²) in [6.07, 6.45) is 1.77. The normalized spacial score (nSPS) is 18.7. The Morgan fingerprint density at radius 3 is 2.94 bits per heavy atom. The van der Waals surface area contributed by atoms with E-state index < -0.39 is 0 Å². The average molecular weight is 246 g/mol. The van der Waals surface area contributed by atoms with Gasteiger partial charge in [0.05, 0.1) is 0 Å². The largest absolute Gasteiger partial charge is 0.326 e. The molecular weight excluding hydrogens is 231 g/mol. The molecule has 4 nitrogen and oxygen atoms in total. The first-order chi connectivity index (χ1) is 8.63. The Morgan fingerprint density at radius 2 is 2.17 bits per heavy atom. The molecule has 0 fully saturated rings. The topological polar surface area (TPSA) is 56.7 Å². The standard InChI is InChI=1S/C13H15FN4/c1-8-4-9(6-10(14)5-8)13-17-16-12-3-2-11(15)7-18(12)13/h4-6,11H,2-3,7,15H2,1H3. The molecule has 1 aliphatic rings. The van der Waals surface area contributed by atoms with Crippen LogP contribution in [0.2, 0.25) is 0 Å². The molecule has 1 aromatic heterocycles. The van der Waals surface area contributed by atoms with Crippen molar-refractivity contribution in [3.8, 4) is 11.4 Å². The first-order valence-electron chi connectivity index (χ1n) is 6.09. The number of benzene rings is 1. The van der Waals surface area contributed by atoms with Crippen molar-refractivity contribution in [2.24, 2.45) is 5.73 Å². The number of fused-ring (bicyclic) bond motifs is 1. The maximum atomic E-state index is 13.4. The fourth-order valence-corrected chi connectivity index (χ4v) is 2.43. The molecule has 2 N–H and O–H groups in total. The van der Waals surface area contributed by atoms with Gasteiger partial charge in [-0.05, 0) is 37.1 Å². The Labute approximate surface area is 105 Å². The number of hydrogen-bond donors (Lipinski definition) is 1. The molecule has 0 aliphatic carbocycles. The monoisotopic (exact) mass is 246 g/mol. The molecule has 0 radical (unpaired) electrons. The van der Waals surface area contributed by atoms with Crippen LogP contribution < -0.4 is 5.73 Å². The van der Waals surface area contributed by atoms with Gasteiger partial charge in [0, 0.05) is 24.6 Å². The van der Waals surface area contributed by atoms with Crippen molar-refractivity contribution < 1.29 is 4.39 Å². The third kappa shape index (κ3) is 1.90. The zero-order valence-corrected chi connectivity index (χ0v) is 10.2. The predicted octanol–water partition coefficient (Wildman–Crippen LogP) is 1.67. The van der Waals surface area contributed by atoms with Crippen LogP contribution in [0.4, 0.5) is 4.39 Å². The van der Waals surface area contributed by atoms with Crippen LogP contribution in [-0.2, 0) is 13.0 Å². The van der Waals surface area contributed by atoms with E-state index in [-0.39, 0.29) is 11.9 Å². The first-order valence-corrected chi connectivity index (χ1v) is 6.09. The van der Waals surface area contributed by atoms with Crippen LogP contribution in [0.1, 0.15) is 17.8 Å². The molecule has 3 rings (SSSR count). The Bertz CT molecular complexity index is 570. The molecule has 0 spiro atoms. The van der Waals surface area contributed by atoms with Crippen LogP contribution in [0.5, 0.6) is 0 Å². The second-order valence-electron chi connectivity index (χ2n) is 4.87. The van der Waals surface area contributed by atoms with Gasteiger partial charge in [0.15, 0.2) is 5.82 Å². The summed E-state index contributed by atoms with van der Waals surface area (Å²) in [6.45, 7) is 2.57. The van der Waals surface area contributed by atoms with Gasteiger partial charge in [-0.25, -0.2) is 4.39 Å². The minimum atomic E-state index is -0.248. The molecule has 2 aromatic rings. The lowest BCUT2D eigenvalue weighted by atomic mass is 10.1. The Kier molecular flexibility index (Phi) is 2.63. The zero-order valence-electron chi connectivity index (χ0n) is 10.2. The average Bonchev–Trinajstić information content (AvgIpc) is 2.70. The minimum absolute atomic E-state index is 0.127. The summed E-state index contributed by atoms with van der Waals surface area (Å²) in [5.74, 6) is 1.40. The van der Waals surface area contributed by atoms with E-state index in [4.69, 9.17) is 5.73 Å². The van der Waals surface area contributed by atoms with E-state index in [1.807, 2.05) is 17.6 Å². The number of aryl methyl sites for hydroxylation is 2. The highest BCUT2D eigenvalue weighted by atomic mass is 19.1. The molecule has 5 heteroatoms. The van der Waals surface area contributed by atoms with Crippen molar-refractivity contribution in [1.29, 1.82) is 0 Å². The minimum Gasteiger partial charge on any atom is -0.326 e. The lowest BCUT2D eigenvalue weighted by Gasteiger charge is -2.20. The highest BCUT2D eigenvalue weighted by molar-refractivity contribution is 5.57. The molecule has 0 saturated carbocycles. The molecule has 0 saturated heterocycles. The molecule has 0 amide bonds. The number of hydrogen-bond acceptors (Lipinski definition) is 3. The maximum Gasteiger partial charge on any atom is 0.164 e. The van der Waals surface area contributed by atoms with Crippen molar-refractivity contribution in [2.45, 2.75) is 32.4 Å². The van der Waals surface area contributed by atoms with Crippen LogP contribution in [-0.4, -0.2) is 20.8 Å². The van der Waals surface area contributed by atoms with Gasteiger partial charge in [-0.15, -0.1) is 10.2 Å². The summed E-state index contributed by atoms with van der Waals surface area (Å²) in [5.41, 5.74) is 7.61. The number of rotatable bonds is 1. The van der Waals surface area contributed by atoms with E-state index in [1.165, 1.54) is 12.1 Å². The van der Waals surface area contributed by atoms with Crippen LogP contribution >= 0.6 is 0 Å². The van der Waals surface area contributed by atoms with E-state index >= 15 is 0 Å². The lowest BCUT2D eigenvalue weighted by Crippen LogP contribution is -2.32. The highest BCUT2D eigenvalue weighted by Gasteiger charge is 2.21. The maximum absolute atomic E-state index is 13.4. The van der Waals surface area contributed by atoms with E-state index in [2.05, 4.69) is 10.2 Å². The quantitative estimate of drug-likeness (QED) is 0.832. The predicted molar refractivity (Wildman–Crippen MR) is 66.4 cm³/mol. The molecule has 94 valence electrons. The number of nitrogens with zero attached hydrogens (tertiary/aromatic N) is 3. The summed E-state index contributed by atoms with van der Waals surface area (Å²) >= 11 is 0. The van der Waals surface area contributed by atoms with Crippen molar-refractivity contribution in [2.75, 3.05) is 0 Å².